The van der Waals surface area contributed by atoms with Crippen LogP contribution in [0.1, 0.15) is 27.6 Å². The first-order valence-electron chi connectivity index (χ1n) is 5.95. The largest absolute Gasteiger partial charge is 0.322 e. The fourth-order valence-corrected chi connectivity index (χ4v) is 1.74. The van der Waals surface area contributed by atoms with Crippen molar-refractivity contribution in [2.24, 2.45) is 0 Å². The van der Waals surface area contributed by atoms with Crippen LogP contribution in [0.4, 0.5) is 18.9 Å². The molecule has 0 unspecified atom stereocenters. The lowest BCUT2D eigenvalue weighted by Gasteiger charge is -2.07. The van der Waals surface area contributed by atoms with Gasteiger partial charge in [0.1, 0.15) is 23.0 Å². The lowest BCUT2D eigenvalue weighted by molar-refractivity contribution is 0.101. The van der Waals surface area contributed by atoms with E-state index in [4.69, 9.17) is 0 Å². The molecule has 0 heterocycles. The minimum atomic E-state index is -1.29. The van der Waals surface area contributed by atoms with Crippen molar-refractivity contribution in [3.05, 3.63) is 65.0 Å². The second kappa shape index (κ2) is 5.78. The molecule has 1 amide bonds. The highest BCUT2D eigenvalue weighted by molar-refractivity contribution is 6.05. The van der Waals surface area contributed by atoms with Crippen molar-refractivity contribution in [1.29, 1.82) is 0 Å². The van der Waals surface area contributed by atoms with Crippen molar-refractivity contribution in [3.63, 3.8) is 0 Å². The molecule has 2 aromatic rings. The molecule has 2 rings (SSSR count). The van der Waals surface area contributed by atoms with Gasteiger partial charge in [0, 0.05) is 23.4 Å². The highest BCUT2D eigenvalue weighted by atomic mass is 19.1. The van der Waals surface area contributed by atoms with Gasteiger partial charge in [-0.25, -0.2) is 13.2 Å². The Labute approximate surface area is 118 Å². The lowest BCUT2D eigenvalue weighted by atomic mass is 10.1. The molecular weight excluding hydrogens is 283 g/mol. The van der Waals surface area contributed by atoms with Crippen molar-refractivity contribution in [2.45, 2.75) is 6.92 Å². The normalized spacial score (nSPS) is 10.3. The number of ketones is 1. The Kier molecular flexibility index (Phi) is 4.07. The molecule has 108 valence electrons. The number of anilines is 1. The zero-order valence-electron chi connectivity index (χ0n) is 10.9. The summed E-state index contributed by atoms with van der Waals surface area (Å²) in [5.41, 5.74) is -0.174. The zero-order valence-corrected chi connectivity index (χ0v) is 10.9. The van der Waals surface area contributed by atoms with E-state index in [0.29, 0.717) is 17.7 Å². The molecule has 0 atom stereocenters. The van der Waals surface area contributed by atoms with E-state index in [9.17, 15) is 22.8 Å². The highest BCUT2D eigenvalue weighted by Gasteiger charge is 2.19. The molecule has 21 heavy (non-hydrogen) atoms. The Morgan fingerprint density at radius 1 is 0.952 bits per heavy atom. The summed E-state index contributed by atoms with van der Waals surface area (Å²) >= 11 is 0. The molecule has 3 nitrogen and oxygen atoms in total. The number of amides is 1. The number of rotatable bonds is 3. The Balaban J connectivity index is 2.24. The van der Waals surface area contributed by atoms with Crippen molar-refractivity contribution in [1.82, 2.24) is 0 Å². The average molecular weight is 293 g/mol. The minimum absolute atomic E-state index is 0.150. The molecule has 6 heteroatoms. The van der Waals surface area contributed by atoms with Crippen LogP contribution < -0.4 is 5.32 Å². The molecule has 0 aliphatic carbocycles. The van der Waals surface area contributed by atoms with Gasteiger partial charge in [-0.05, 0) is 31.2 Å². The first-order valence-corrected chi connectivity index (χ1v) is 5.95. The molecule has 2 aromatic carbocycles. The predicted molar refractivity (Wildman–Crippen MR) is 70.7 cm³/mol. The predicted octanol–water partition coefficient (Wildman–Crippen LogP) is 3.56. The van der Waals surface area contributed by atoms with Gasteiger partial charge in [0.05, 0.1) is 0 Å². The quantitative estimate of drug-likeness (QED) is 0.879. The summed E-state index contributed by atoms with van der Waals surface area (Å²) in [7, 11) is 0. The van der Waals surface area contributed by atoms with Crippen LogP contribution in [0.3, 0.4) is 0 Å². The van der Waals surface area contributed by atoms with Crippen molar-refractivity contribution in [3.8, 4) is 0 Å². The smallest absolute Gasteiger partial charge is 0.261 e. The van der Waals surface area contributed by atoms with Gasteiger partial charge >= 0.3 is 0 Å². The first-order chi connectivity index (χ1) is 9.88. The number of nitrogens with one attached hydrogen (secondary N) is 1. The lowest BCUT2D eigenvalue weighted by Crippen LogP contribution is -2.16. The molecule has 1 N–H and O–H groups in total. The number of Topliss-reactive ketones (excluding diaryl/α,β-unsaturated/α-hetero) is 1. The van der Waals surface area contributed by atoms with E-state index in [0.717, 1.165) is 0 Å². The van der Waals surface area contributed by atoms with E-state index in [1.54, 1.807) is 0 Å². The van der Waals surface area contributed by atoms with E-state index in [1.165, 1.54) is 31.2 Å². The standard InChI is InChI=1S/C15H10F3NO2/c1-8(20)9-2-4-11(5-3-9)19-15(21)14-12(17)6-10(16)7-13(14)18/h2-7H,1H3,(H,19,21). The third-order valence-electron chi connectivity index (χ3n) is 2.78. The molecule has 0 saturated carbocycles. The SMILES string of the molecule is CC(=O)c1ccc(NC(=O)c2c(F)cc(F)cc2F)cc1. The first kappa shape index (κ1) is 14.8. The maximum absolute atomic E-state index is 13.4. The second-order valence-corrected chi connectivity index (χ2v) is 4.33. The van der Waals surface area contributed by atoms with Gasteiger partial charge in [-0.3, -0.25) is 9.59 Å². The van der Waals surface area contributed by atoms with E-state index in [1.807, 2.05) is 0 Å². The van der Waals surface area contributed by atoms with Gasteiger partial charge in [-0.2, -0.15) is 0 Å². The molecule has 0 spiro atoms. The number of carbonyl (C=O) groups is 2. The van der Waals surface area contributed by atoms with Crippen molar-refractivity contribution in [2.75, 3.05) is 5.32 Å². The molecular formula is C15H10F3NO2. The summed E-state index contributed by atoms with van der Waals surface area (Å²) in [6.45, 7) is 1.39. The number of halogens is 3. The fourth-order valence-electron chi connectivity index (χ4n) is 1.74. The summed E-state index contributed by atoms with van der Waals surface area (Å²) in [5.74, 6) is -4.87. The molecule has 0 aliphatic heterocycles. The van der Waals surface area contributed by atoms with E-state index in [-0.39, 0.29) is 11.5 Å². The molecule has 0 aliphatic rings. The molecule has 0 radical (unpaired) electrons. The van der Waals surface area contributed by atoms with Crippen LogP contribution in [0.5, 0.6) is 0 Å². The van der Waals surface area contributed by atoms with Gasteiger partial charge in [0.25, 0.3) is 5.91 Å². The van der Waals surface area contributed by atoms with Crippen molar-refractivity contribution < 1.29 is 22.8 Å². The van der Waals surface area contributed by atoms with Crippen LogP contribution in [0.25, 0.3) is 0 Å². The van der Waals surface area contributed by atoms with Crippen LogP contribution in [-0.4, -0.2) is 11.7 Å². The van der Waals surface area contributed by atoms with Gasteiger partial charge < -0.3 is 5.32 Å². The van der Waals surface area contributed by atoms with Crippen LogP contribution in [0, 0.1) is 17.5 Å². The van der Waals surface area contributed by atoms with Gasteiger partial charge in [0.15, 0.2) is 5.78 Å². The Hall–Kier alpha value is -2.63. The summed E-state index contributed by atoms with van der Waals surface area (Å²) in [6.07, 6.45) is 0. The third kappa shape index (κ3) is 3.28. The van der Waals surface area contributed by atoms with Gasteiger partial charge in [0.2, 0.25) is 0 Å². The second-order valence-electron chi connectivity index (χ2n) is 4.33. The zero-order chi connectivity index (χ0) is 15.6. The van der Waals surface area contributed by atoms with E-state index >= 15 is 0 Å². The summed E-state index contributed by atoms with van der Waals surface area (Å²) in [4.78, 5) is 22.9. The monoisotopic (exact) mass is 293 g/mol. The highest BCUT2D eigenvalue weighted by Crippen LogP contribution is 2.17. The minimum Gasteiger partial charge on any atom is -0.322 e. The Bertz CT molecular complexity index is 688. The molecule has 0 bridgehead atoms. The van der Waals surface area contributed by atoms with Gasteiger partial charge in [-0.15, -0.1) is 0 Å². The van der Waals surface area contributed by atoms with E-state index < -0.39 is 28.9 Å². The third-order valence-corrected chi connectivity index (χ3v) is 2.78. The molecule has 0 aromatic heterocycles. The average Bonchev–Trinajstić information content (AvgIpc) is 2.37. The maximum atomic E-state index is 13.4. The number of benzene rings is 2. The Morgan fingerprint density at radius 2 is 1.48 bits per heavy atom. The van der Waals surface area contributed by atoms with E-state index in [2.05, 4.69) is 5.32 Å². The van der Waals surface area contributed by atoms with Crippen LogP contribution >= 0.6 is 0 Å². The van der Waals surface area contributed by atoms with Crippen LogP contribution in [-0.2, 0) is 0 Å². The maximum Gasteiger partial charge on any atom is 0.261 e. The molecule has 0 saturated heterocycles. The fraction of sp³-hybridized carbons (Fsp3) is 0.0667. The summed E-state index contributed by atoms with van der Waals surface area (Å²) in [6, 6.07) is 6.64. The topological polar surface area (TPSA) is 46.2 Å². The van der Waals surface area contributed by atoms with Crippen molar-refractivity contribution >= 4 is 17.4 Å². The molecule has 0 fully saturated rings. The number of hydrogen-bond acceptors (Lipinski definition) is 2. The summed E-state index contributed by atoms with van der Waals surface area (Å²) in [5, 5.41) is 2.27. The van der Waals surface area contributed by atoms with Crippen LogP contribution in [0.15, 0.2) is 36.4 Å². The van der Waals surface area contributed by atoms with Gasteiger partial charge in [-0.1, -0.05) is 0 Å². The Morgan fingerprint density at radius 3 is 1.95 bits per heavy atom. The number of carbonyl (C=O) groups excluding carboxylic acids is 2. The van der Waals surface area contributed by atoms with Crippen LogP contribution in [0.2, 0.25) is 0 Å². The number of hydrogen-bond donors (Lipinski definition) is 1. The summed E-state index contributed by atoms with van der Waals surface area (Å²) < 4.78 is 39.7.